The number of sulfonamides is 1. The van der Waals surface area contributed by atoms with Crippen LogP contribution in [0.25, 0.3) is 10.8 Å². The molecule has 1 fully saturated rings. The molecule has 1 saturated heterocycles. The minimum absolute atomic E-state index is 0.338. The zero-order valence-electron chi connectivity index (χ0n) is 14.7. The minimum atomic E-state index is -3.50. The van der Waals surface area contributed by atoms with E-state index in [1.54, 1.807) is 19.2 Å². The van der Waals surface area contributed by atoms with E-state index < -0.39 is 10.0 Å². The van der Waals surface area contributed by atoms with Gasteiger partial charge >= 0.3 is 0 Å². The van der Waals surface area contributed by atoms with Crippen LogP contribution in [0.1, 0.15) is 0 Å². The summed E-state index contributed by atoms with van der Waals surface area (Å²) in [6.07, 6.45) is 0. The molecule has 1 aliphatic heterocycles. The van der Waals surface area contributed by atoms with E-state index in [4.69, 9.17) is 17.0 Å². The average Bonchev–Trinajstić information content (AvgIpc) is 2.67. The molecule has 0 bridgehead atoms. The molecule has 0 spiro atoms. The number of methoxy groups -OCH3 is 1. The van der Waals surface area contributed by atoms with Crippen LogP contribution in [0, 0.1) is 0 Å². The van der Waals surface area contributed by atoms with E-state index in [0.717, 1.165) is 10.8 Å². The first-order chi connectivity index (χ1) is 12.5. The number of fused-ring (bicyclic) bond motifs is 1. The summed E-state index contributed by atoms with van der Waals surface area (Å²) in [6.45, 7) is 3.21. The van der Waals surface area contributed by atoms with Gasteiger partial charge in [-0.25, -0.2) is 8.42 Å². The van der Waals surface area contributed by atoms with Gasteiger partial charge in [-0.3, -0.25) is 0 Å². The summed E-state index contributed by atoms with van der Waals surface area (Å²) in [4.78, 5) is 2.34. The first-order valence-electron chi connectivity index (χ1n) is 8.53. The van der Waals surface area contributed by atoms with Crippen molar-refractivity contribution in [3.8, 4) is 0 Å². The van der Waals surface area contributed by atoms with E-state index >= 15 is 0 Å². The molecule has 0 saturated carbocycles. The van der Waals surface area contributed by atoms with Crippen LogP contribution in [-0.4, -0.2) is 69.2 Å². The Morgan fingerprint density at radius 1 is 1.12 bits per heavy atom. The van der Waals surface area contributed by atoms with Crippen molar-refractivity contribution < 1.29 is 13.2 Å². The van der Waals surface area contributed by atoms with Gasteiger partial charge in [0.15, 0.2) is 5.11 Å². The topological polar surface area (TPSA) is 61.9 Å². The van der Waals surface area contributed by atoms with Crippen LogP contribution in [0.15, 0.2) is 47.4 Å². The molecule has 2 aromatic rings. The number of nitrogens with zero attached hydrogens (tertiary/aromatic N) is 2. The number of hydrogen-bond donors (Lipinski definition) is 1. The molecule has 0 unspecified atom stereocenters. The number of hydrogen-bond acceptors (Lipinski definition) is 4. The molecular formula is C18H23N3O3S2. The van der Waals surface area contributed by atoms with Crippen molar-refractivity contribution in [3.05, 3.63) is 42.5 Å². The fourth-order valence-corrected chi connectivity index (χ4v) is 4.72. The van der Waals surface area contributed by atoms with Crippen LogP contribution in [0.5, 0.6) is 0 Å². The molecule has 0 amide bonds. The van der Waals surface area contributed by atoms with Crippen LogP contribution < -0.4 is 5.32 Å². The second-order valence-electron chi connectivity index (χ2n) is 6.12. The van der Waals surface area contributed by atoms with Crippen LogP contribution in [0.3, 0.4) is 0 Å². The lowest BCUT2D eigenvalue weighted by atomic mass is 10.1. The predicted octanol–water partition coefficient (Wildman–Crippen LogP) is 1.67. The van der Waals surface area contributed by atoms with Gasteiger partial charge in [-0.2, -0.15) is 4.31 Å². The smallest absolute Gasteiger partial charge is 0.243 e. The third kappa shape index (κ3) is 4.15. The predicted molar refractivity (Wildman–Crippen MR) is 107 cm³/mol. The van der Waals surface area contributed by atoms with Crippen molar-refractivity contribution >= 4 is 38.1 Å². The lowest BCUT2D eigenvalue weighted by Gasteiger charge is -2.35. The zero-order chi connectivity index (χ0) is 18.6. The molecule has 0 radical (unpaired) electrons. The van der Waals surface area contributed by atoms with Crippen molar-refractivity contribution in [3.63, 3.8) is 0 Å². The van der Waals surface area contributed by atoms with Crippen LogP contribution in [0.4, 0.5) is 0 Å². The average molecular weight is 394 g/mol. The van der Waals surface area contributed by atoms with Crippen LogP contribution >= 0.6 is 12.2 Å². The fourth-order valence-electron chi connectivity index (χ4n) is 2.98. The Morgan fingerprint density at radius 3 is 2.50 bits per heavy atom. The molecule has 3 rings (SSSR count). The second-order valence-corrected chi connectivity index (χ2v) is 8.45. The number of rotatable bonds is 5. The van der Waals surface area contributed by atoms with E-state index in [1.807, 2.05) is 35.2 Å². The lowest BCUT2D eigenvalue weighted by molar-refractivity contribution is 0.201. The summed E-state index contributed by atoms with van der Waals surface area (Å²) in [5.41, 5.74) is 0. The highest BCUT2D eigenvalue weighted by atomic mass is 32.2. The molecule has 140 valence electrons. The molecule has 1 heterocycles. The number of thiocarbonyl (C=S) groups is 1. The Hall–Kier alpha value is -1.74. The maximum Gasteiger partial charge on any atom is 0.243 e. The van der Waals surface area contributed by atoms with E-state index in [0.29, 0.717) is 49.3 Å². The third-order valence-corrected chi connectivity index (χ3v) is 6.76. The highest BCUT2D eigenvalue weighted by Crippen LogP contribution is 2.22. The minimum Gasteiger partial charge on any atom is -0.383 e. The summed E-state index contributed by atoms with van der Waals surface area (Å²) >= 11 is 5.36. The Kier molecular flexibility index (Phi) is 6.08. The zero-order valence-corrected chi connectivity index (χ0v) is 16.4. The molecule has 6 nitrogen and oxygen atoms in total. The summed E-state index contributed by atoms with van der Waals surface area (Å²) in [5.74, 6) is 0. The van der Waals surface area contributed by atoms with Gasteiger partial charge in [-0.15, -0.1) is 0 Å². The molecule has 2 aromatic carbocycles. The number of piperazine rings is 1. The van der Waals surface area contributed by atoms with Gasteiger partial charge < -0.3 is 15.0 Å². The summed E-state index contributed by atoms with van der Waals surface area (Å²) in [6, 6.07) is 13.0. The van der Waals surface area contributed by atoms with E-state index in [1.165, 1.54) is 4.31 Å². The first kappa shape index (κ1) is 19.0. The van der Waals surface area contributed by atoms with Gasteiger partial charge in [0, 0.05) is 39.8 Å². The Labute approximate surface area is 159 Å². The Morgan fingerprint density at radius 2 is 1.81 bits per heavy atom. The van der Waals surface area contributed by atoms with Gasteiger partial charge in [0.2, 0.25) is 10.0 Å². The summed E-state index contributed by atoms with van der Waals surface area (Å²) < 4.78 is 32.4. The molecule has 26 heavy (non-hydrogen) atoms. The Balaban J connectivity index is 1.66. The van der Waals surface area contributed by atoms with E-state index in [-0.39, 0.29) is 0 Å². The van der Waals surface area contributed by atoms with Gasteiger partial charge in [0.25, 0.3) is 0 Å². The number of ether oxygens (including phenoxy) is 1. The molecular weight excluding hydrogens is 370 g/mol. The molecule has 1 N–H and O–H groups in total. The summed E-state index contributed by atoms with van der Waals surface area (Å²) in [5, 5.41) is 5.72. The van der Waals surface area contributed by atoms with Gasteiger partial charge in [0.1, 0.15) is 0 Å². The highest BCUT2D eigenvalue weighted by molar-refractivity contribution is 7.89. The van der Waals surface area contributed by atoms with Gasteiger partial charge in [0.05, 0.1) is 11.5 Å². The lowest BCUT2D eigenvalue weighted by Crippen LogP contribution is -2.53. The molecule has 0 atom stereocenters. The standard InChI is InChI=1S/C18H23N3O3S2/c1-24-13-8-19-18(25)20-9-11-21(12-10-20)26(22,23)17-7-6-15-4-2-3-5-16(15)14-17/h2-7,14H,8-13H2,1H3,(H,19,25). The highest BCUT2D eigenvalue weighted by Gasteiger charge is 2.29. The largest absolute Gasteiger partial charge is 0.383 e. The van der Waals surface area contributed by atoms with E-state index in [9.17, 15) is 8.42 Å². The second kappa shape index (κ2) is 8.30. The number of nitrogens with one attached hydrogen (secondary N) is 1. The number of benzene rings is 2. The monoisotopic (exact) mass is 393 g/mol. The van der Waals surface area contributed by atoms with Crippen molar-refractivity contribution in [1.29, 1.82) is 0 Å². The first-order valence-corrected chi connectivity index (χ1v) is 10.4. The third-order valence-electron chi connectivity index (χ3n) is 4.47. The van der Waals surface area contributed by atoms with Crippen LogP contribution in [-0.2, 0) is 14.8 Å². The molecule has 0 aliphatic carbocycles. The van der Waals surface area contributed by atoms with Crippen molar-refractivity contribution in [2.45, 2.75) is 4.90 Å². The van der Waals surface area contributed by atoms with Crippen molar-refractivity contribution in [1.82, 2.24) is 14.5 Å². The quantitative estimate of drug-likeness (QED) is 0.616. The fraction of sp³-hybridized carbons (Fsp3) is 0.389. The Bertz CT molecular complexity index is 878. The van der Waals surface area contributed by atoms with Gasteiger partial charge in [-0.05, 0) is 35.1 Å². The van der Waals surface area contributed by atoms with Crippen molar-refractivity contribution in [2.24, 2.45) is 0 Å². The maximum atomic E-state index is 13.0. The SMILES string of the molecule is COCCNC(=S)N1CCN(S(=O)(=O)c2ccc3ccccc3c2)CC1. The van der Waals surface area contributed by atoms with Crippen molar-refractivity contribution in [2.75, 3.05) is 46.4 Å². The van der Waals surface area contributed by atoms with Gasteiger partial charge in [-0.1, -0.05) is 30.3 Å². The molecule has 0 aromatic heterocycles. The maximum absolute atomic E-state index is 13.0. The molecule has 8 heteroatoms. The van der Waals surface area contributed by atoms with E-state index in [2.05, 4.69) is 5.32 Å². The molecule has 1 aliphatic rings. The normalized spacial score (nSPS) is 16.0. The summed E-state index contributed by atoms with van der Waals surface area (Å²) in [7, 11) is -1.86. The van der Waals surface area contributed by atoms with Crippen LogP contribution in [0.2, 0.25) is 0 Å².